The normalized spacial score (nSPS) is 22.8. The van der Waals surface area contributed by atoms with Crippen molar-refractivity contribution in [3.63, 3.8) is 0 Å². The summed E-state index contributed by atoms with van der Waals surface area (Å²) in [6, 6.07) is 5.70. The highest BCUT2D eigenvalue weighted by Crippen LogP contribution is 2.22. The number of hydrogen-bond acceptors (Lipinski definition) is 2. The van der Waals surface area contributed by atoms with Crippen molar-refractivity contribution < 1.29 is 9.18 Å². The first-order valence-corrected chi connectivity index (χ1v) is 6.69. The molecule has 2 atom stereocenters. The molecule has 0 radical (unpaired) electrons. The Kier molecular flexibility index (Phi) is 4.74. The minimum absolute atomic E-state index is 0.259. The molecule has 0 spiro atoms. The first-order chi connectivity index (χ1) is 9.13. The summed E-state index contributed by atoms with van der Waals surface area (Å²) >= 11 is 0. The lowest BCUT2D eigenvalue weighted by Crippen LogP contribution is -2.37. The molecular weight excluding hydrogens is 245 g/mol. The predicted molar refractivity (Wildman–Crippen MR) is 73.4 cm³/mol. The Morgan fingerprint density at radius 3 is 2.74 bits per heavy atom. The fourth-order valence-electron chi connectivity index (χ4n) is 2.46. The molecule has 5 heteroatoms. The minimum atomic E-state index is -0.317. The fraction of sp³-hybridized carbons (Fsp3) is 0.500. The van der Waals surface area contributed by atoms with Crippen molar-refractivity contribution in [2.75, 3.05) is 11.9 Å². The van der Waals surface area contributed by atoms with E-state index in [1.165, 1.54) is 24.3 Å². The van der Waals surface area contributed by atoms with Gasteiger partial charge in [-0.2, -0.15) is 0 Å². The third-order valence-electron chi connectivity index (χ3n) is 3.48. The number of halogens is 1. The van der Waals surface area contributed by atoms with Gasteiger partial charge in [0.1, 0.15) is 5.82 Å². The topological polar surface area (TPSA) is 67.1 Å². The van der Waals surface area contributed by atoms with Crippen LogP contribution in [0.25, 0.3) is 0 Å². The van der Waals surface area contributed by atoms with E-state index < -0.39 is 0 Å². The van der Waals surface area contributed by atoms with E-state index in [9.17, 15) is 9.18 Å². The van der Waals surface area contributed by atoms with Gasteiger partial charge in [-0.05, 0) is 49.4 Å². The van der Waals surface area contributed by atoms with Gasteiger partial charge in [-0.25, -0.2) is 9.18 Å². The fourth-order valence-corrected chi connectivity index (χ4v) is 2.46. The van der Waals surface area contributed by atoms with E-state index in [4.69, 9.17) is 5.73 Å². The van der Waals surface area contributed by atoms with Crippen LogP contribution in [0.1, 0.15) is 25.7 Å². The summed E-state index contributed by atoms with van der Waals surface area (Å²) in [5, 5.41) is 5.51. The summed E-state index contributed by atoms with van der Waals surface area (Å²) in [6.07, 6.45) is 4.30. The average Bonchev–Trinajstić information content (AvgIpc) is 2.39. The zero-order chi connectivity index (χ0) is 13.7. The lowest BCUT2D eigenvalue weighted by molar-refractivity contribution is 0.245. The number of rotatable bonds is 3. The van der Waals surface area contributed by atoms with Crippen molar-refractivity contribution in [2.24, 2.45) is 11.7 Å². The number of benzene rings is 1. The van der Waals surface area contributed by atoms with Gasteiger partial charge in [0.25, 0.3) is 0 Å². The van der Waals surface area contributed by atoms with E-state index >= 15 is 0 Å². The molecule has 0 aliphatic heterocycles. The summed E-state index contributed by atoms with van der Waals surface area (Å²) in [6.45, 7) is 0.640. The molecule has 1 aliphatic rings. The number of nitrogens with two attached hydrogens (primary N) is 1. The standard InChI is InChI=1S/C14H20FN3O/c15-11-4-6-13(7-5-11)18-14(19)17-9-10-2-1-3-12(16)8-10/h4-7,10,12H,1-3,8-9,16H2,(H2,17,18,19). The first kappa shape index (κ1) is 13.8. The smallest absolute Gasteiger partial charge is 0.319 e. The third kappa shape index (κ3) is 4.52. The molecule has 1 fully saturated rings. The van der Waals surface area contributed by atoms with Gasteiger partial charge in [-0.3, -0.25) is 0 Å². The minimum Gasteiger partial charge on any atom is -0.338 e. The van der Waals surface area contributed by atoms with Gasteiger partial charge in [0.05, 0.1) is 0 Å². The van der Waals surface area contributed by atoms with Crippen LogP contribution < -0.4 is 16.4 Å². The van der Waals surface area contributed by atoms with Gasteiger partial charge < -0.3 is 16.4 Å². The Labute approximate surface area is 112 Å². The first-order valence-electron chi connectivity index (χ1n) is 6.69. The second kappa shape index (κ2) is 6.52. The quantitative estimate of drug-likeness (QED) is 0.786. The molecule has 0 heterocycles. The molecule has 1 aromatic rings. The second-order valence-electron chi connectivity index (χ2n) is 5.13. The van der Waals surface area contributed by atoms with E-state index in [0.29, 0.717) is 18.2 Å². The average molecular weight is 265 g/mol. The van der Waals surface area contributed by atoms with Crippen LogP contribution in [0, 0.1) is 11.7 Å². The molecule has 1 saturated carbocycles. The van der Waals surface area contributed by atoms with Gasteiger partial charge in [-0.15, -0.1) is 0 Å². The van der Waals surface area contributed by atoms with Gasteiger partial charge in [0.15, 0.2) is 0 Å². The van der Waals surface area contributed by atoms with E-state index in [0.717, 1.165) is 25.7 Å². The summed E-state index contributed by atoms with van der Waals surface area (Å²) in [5.41, 5.74) is 6.49. The molecule has 0 saturated heterocycles. The highest BCUT2D eigenvalue weighted by atomic mass is 19.1. The summed E-state index contributed by atoms with van der Waals surface area (Å²) in [4.78, 5) is 11.7. The van der Waals surface area contributed by atoms with Crippen molar-refractivity contribution in [1.82, 2.24) is 5.32 Å². The number of amides is 2. The SMILES string of the molecule is NC1CCCC(CNC(=O)Nc2ccc(F)cc2)C1. The predicted octanol–water partition coefficient (Wildman–Crippen LogP) is 2.46. The van der Waals surface area contributed by atoms with Crippen LogP contribution in [-0.2, 0) is 0 Å². The zero-order valence-electron chi connectivity index (χ0n) is 10.9. The van der Waals surface area contributed by atoms with Crippen LogP contribution in [0.15, 0.2) is 24.3 Å². The molecular formula is C14H20FN3O. The van der Waals surface area contributed by atoms with Crippen LogP contribution in [0.5, 0.6) is 0 Å². The Morgan fingerprint density at radius 1 is 1.32 bits per heavy atom. The molecule has 0 bridgehead atoms. The maximum atomic E-state index is 12.7. The number of hydrogen-bond donors (Lipinski definition) is 3. The molecule has 2 unspecified atom stereocenters. The number of carbonyl (C=O) groups excluding carboxylic acids is 1. The van der Waals surface area contributed by atoms with E-state index in [2.05, 4.69) is 10.6 Å². The molecule has 0 aromatic heterocycles. The monoisotopic (exact) mass is 265 g/mol. The van der Waals surface area contributed by atoms with Crippen molar-refractivity contribution in [1.29, 1.82) is 0 Å². The van der Waals surface area contributed by atoms with Gasteiger partial charge in [0, 0.05) is 18.3 Å². The van der Waals surface area contributed by atoms with Crippen LogP contribution >= 0.6 is 0 Å². The molecule has 4 N–H and O–H groups in total. The summed E-state index contributed by atoms with van der Waals surface area (Å²) in [5.74, 6) is 0.143. The van der Waals surface area contributed by atoms with Crippen molar-refractivity contribution >= 4 is 11.7 Å². The highest BCUT2D eigenvalue weighted by molar-refractivity contribution is 5.89. The molecule has 2 rings (SSSR count). The summed E-state index contributed by atoms with van der Waals surface area (Å²) in [7, 11) is 0. The Morgan fingerprint density at radius 2 is 2.05 bits per heavy atom. The van der Waals surface area contributed by atoms with Crippen LogP contribution in [-0.4, -0.2) is 18.6 Å². The van der Waals surface area contributed by atoms with Crippen LogP contribution in [0.2, 0.25) is 0 Å². The maximum absolute atomic E-state index is 12.7. The lowest BCUT2D eigenvalue weighted by Gasteiger charge is -2.26. The molecule has 1 aromatic carbocycles. The van der Waals surface area contributed by atoms with E-state index in [1.807, 2.05) is 0 Å². The number of nitrogens with one attached hydrogen (secondary N) is 2. The Bertz CT molecular complexity index is 421. The van der Waals surface area contributed by atoms with Gasteiger partial charge >= 0.3 is 6.03 Å². The highest BCUT2D eigenvalue weighted by Gasteiger charge is 2.19. The zero-order valence-corrected chi connectivity index (χ0v) is 10.9. The lowest BCUT2D eigenvalue weighted by atomic mass is 9.86. The molecule has 4 nitrogen and oxygen atoms in total. The van der Waals surface area contributed by atoms with Gasteiger partial charge in [-0.1, -0.05) is 6.42 Å². The maximum Gasteiger partial charge on any atom is 0.319 e. The second-order valence-corrected chi connectivity index (χ2v) is 5.13. The Hall–Kier alpha value is -1.62. The van der Waals surface area contributed by atoms with Gasteiger partial charge in [0.2, 0.25) is 0 Å². The van der Waals surface area contributed by atoms with Crippen LogP contribution in [0.3, 0.4) is 0 Å². The number of urea groups is 1. The third-order valence-corrected chi connectivity index (χ3v) is 3.48. The molecule has 2 amide bonds. The van der Waals surface area contributed by atoms with Crippen molar-refractivity contribution in [2.45, 2.75) is 31.7 Å². The van der Waals surface area contributed by atoms with Crippen molar-refractivity contribution in [3.05, 3.63) is 30.1 Å². The van der Waals surface area contributed by atoms with E-state index in [-0.39, 0.29) is 17.9 Å². The van der Waals surface area contributed by atoms with Crippen molar-refractivity contribution in [3.8, 4) is 0 Å². The Balaban J connectivity index is 1.73. The number of carbonyl (C=O) groups is 1. The summed E-state index contributed by atoms with van der Waals surface area (Å²) < 4.78 is 12.7. The molecule has 19 heavy (non-hydrogen) atoms. The number of anilines is 1. The molecule has 104 valence electrons. The van der Waals surface area contributed by atoms with E-state index in [1.54, 1.807) is 0 Å². The van der Waals surface area contributed by atoms with Crippen LogP contribution in [0.4, 0.5) is 14.9 Å². The largest absolute Gasteiger partial charge is 0.338 e. The molecule has 1 aliphatic carbocycles.